The Morgan fingerprint density at radius 1 is 1.12 bits per heavy atom. The molecule has 1 aliphatic carbocycles. The Morgan fingerprint density at radius 3 is 2.66 bits per heavy atom. The molecule has 6 nitrogen and oxygen atoms in total. The van der Waals surface area contributed by atoms with Crippen molar-refractivity contribution in [3.8, 4) is 11.3 Å². The molecule has 2 heterocycles. The number of para-hydroxylation sites is 1. The highest BCUT2D eigenvalue weighted by molar-refractivity contribution is 6.05. The standard InChI is InChI=1S/C26H29N3O3/c1-27-13-14-28-21-10-6-5-9-20(21)25-24(17-7-3-2-4-8-17)19-12-11-18(26(31)32)15-22(19)29(25)16-23(28)30/h5-6,9-12,15,17,27H,2-4,7-8,13-14,16H2,1H3,(H,31,32). The number of aromatic nitrogens is 1. The predicted octanol–water partition coefficient (Wildman–Crippen LogP) is 4.62. The molecule has 0 spiro atoms. The summed E-state index contributed by atoms with van der Waals surface area (Å²) in [6.45, 7) is 1.50. The number of anilines is 1. The summed E-state index contributed by atoms with van der Waals surface area (Å²) < 4.78 is 2.08. The molecule has 2 aromatic carbocycles. The molecule has 1 aromatic heterocycles. The van der Waals surface area contributed by atoms with Crippen LogP contribution in [0.5, 0.6) is 0 Å². The monoisotopic (exact) mass is 431 g/mol. The molecule has 1 amide bonds. The van der Waals surface area contributed by atoms with Gasteiger partial charge in [-0.25, -0.2) is 4.79 Å². The predicted molar refractivity (Wildman–Crippen MR) is 126 cm³/mol. The van der Waals surface area contributed by atoms with Crippen LogP contribution in [0.15, 0.2) is 42.5 Å². The number of amides is 1. The molecular formula is C26H29N3O3. The first-order chi connectivity index (χ1) is 15.6. The van der Waals surface area contributed by atoms with Crippen molar-refractivity contribution in [2.75, 3.05) is 25.0 Å². The van der Waals surface area contributed by atoms with Crippen molar-refractivity contribution in [1.82, 2.24) is 9.88 Å². The number of fused-ring (bicyclic) bond motifs is 5. The number of hydrogen-bond donors (Lipinski definition) is 2. The third-order valence-corrected chi connectivity index (χ3v) is 6.99. The first kappa shape index (κ1) is 20.8. The fraction of sp³-hybridized carbons (Fsp3) is 0.385. The van der Waals surface area contributed by atoms with Gasteiger partial charge in [0.1, 0.15) is 6.54 Å². The van der Waals surface area contributed by atoms with Gasteiger partial charge in [-0.05, 0) is 49.6 Å². The van der Waals surface area contributed by atoms with E-state index in [4.69, 9.17) is 0 Å². The van der Waals surface area contributed by atoms with Crippen LogP contribution < -0.4 is 10.2 Å². The van der Waals surface area contributed by atoms with Gasteiger partial charge < -0.3 is 19.9 Å². The molecule has 2 N–H and O–H groups in total. The van der Waals surface area contributed by atoms with Gasteiger partial charge in [-0.3, -0.25) is 4.79 Å². The lowest BCUT2D eigenvalue weighted by molar-refractivity contribution is -0.119. The topological polar surface area (TPSA) is 74.6 Å². The van der Waals surface area contributed by atoms with E-state index in [9.17, 15) is 14.7 Å². The summed E-state index contributed by atoms with van der Waals surface area (Å²) in [5, 5.41) is 13.9. The SMILES string of the molecule is CNCCN1C(=O)Cn2c(c(C3CCCCC3)c3ccc(C(=O)O)cc32)-c2ccccc21. The zero-order valence-corrected chi connectivity index (χ0v) is 18.4. The summed E-state index contributed by atoms with van der Waals surface area (Å²) in [7, 11) is 1.89. The van der Waals surface area contributed by atoms with Gasteiger partial charge in [0.25, 0.3) is 0 Å². The third-order valence-electron chi connectivity index (χ3n) is 6.99. The number of rotatable bonds is 5. The van der Waals surface area contributed by atoms with Crippen LogP contribution in [0.1, 0.15) is 53.9 Å². The highest BCUT2D eigenvalue weighted by atomic mass is 16.4. The van der Waals surface area contributed by atoms with Crippen LogP contribution in [0.3, 0.4) is 0 Å². The zero-order valence-electron chi connectivity index (χ0n) is 18.4. The minimum Gasteiger partial charge on any atom is -0.478 e. The number of likely N-dealkylation sites (N-methyl/N-ethyl adjacent to an activating group) is 1. The molecule has 2 aliphatic rings. The van der Waals surface area contributed by atoms with E-state index in [0.29, 0.717) is 19.0 Å². The van der Waals surface area contributed by atoms with Crippen molar-refractivity contribution in [3.05, 3.63) is 53.6 Å². The molecule has 0 saturated heterocycles. The van der Waals surface area contributed by atoms with Crippen LogP contribution in [0.4, 0.5) is 5.69 Å². The number of aromatic carboxylic acids is 1. The van der Waals surface area contributed by atoms with E-state index in [-0.39, 0.29) is 18.0 Å². The number of carbonyl (C=O) groups is 2. The average Bonchev–Trinajstić information content (AvgIpc) is 3.07. The van der Waals surface area contributed by atoms with E-state index in [1.165, 1.54) is 24.8 Å². The largest absolute Gasteiger partial charge is 0.478 e. The van der Waals surface area contributed by atoms with Gasteiger partial charge in [0.2, 0.25) is 5.91 Å². The molecule has 6 heteroatoms. The smallest absolute Gasteiger partial charge is 0.335 e. The lowest BCUT2D eigenvalue weighted by Gasteiger charge is -2.25. The van der Waals surface area contributed by atoms with Gasteiger partial charge in [0.05, 0.1) is 22.5 Å². The quantitative estimate of drug-likeness (QED) is 0.618. The second-order valence-corrected chi connectivity index (χ2v) is 8.89. The zero-order chi connectivity index (χ0) is 22.2. The van der Waals surface area contributed by atoms with Crippen LogP contribution in [0.25, 0.3) is 22.2 Å². The maximum absolute atomic E-state index is 13.5. The molecule has 1 saturated carbocycles. The third kappa shape index (κ3) is 3.39. The van der Waals surface area contributed by atoms with Gasteiger partial charge in [0, 0.05) is 24.0 Å². The van der Waals surface area contributed by atoms with E-state index in [1.807, 2.05) is 36.2 Å². The lowest BCUT2D eigenvalue weighted by Crippen LogP contribution is -2.37. The Morgan fingerprint density at radius 2 is 1.91 bits per heavy atom. The minimum absolute atomic E-state index is 0.0271. The maximum atomic E-state index is 13.5. The lowest BCUT2D eigenvalue weighted by atomic mass is 9.81. The van der Waals surface area contributed by atoms with Crippen molar-refractivity contribution in [1.29, 1.82) is 0 Å². The fourth-order valence-corrected chi connectivity index (χ4v) is 5.50. The molecular weight excluding hydrogens is 402 g/mol. The number of hydrogen-bond acceptors (Lipinski definition) is 3. The van der Waals surface area contributed by atoms with Gasteiger partial charge in [-0.2, -0.15) is 0 Å². The fourth-order valence-electron chi connectivity index (χ4n) is 5.50. The second kappa shape index (κ2) is 8.43. The Hall–Kier alpha value is -3.12. The molecule has 1 aliphatic heterocycles. The molecule has 1 fully saturated rings. The van der Waals surface area contributed by atoms with Crippen LogP contribution in [-0.4, -0.2) is 41.7 Å². The number of benzene rings is 2. The van der Waals surface area contributed by atoms with Gasteiger partial charge in [-0.1, -0.05) is 43.5 Å². The summed E-state index contributed by atoms with van der Waals surface area (Å²) in [4.78, 5) is 27.1. The van der Waals surface area contributed by atoms with Gasteiger partial charge in [-0.15, -0.1) is 0 Å². The van der Waals surface area contributed by atoms with E-state index < -0.39 is 5.97 Å². The van der Waals surface area contributed by atoms with E-state index in [1.54, 1.807) is 12.1 Å². The Balaban J connectivity index is 1.81. The molecule has 166 valence electrons. The second-order valence-electron chi connectivity index (χ2n) is 8.89. The molecule has 5 rings (SSSR count). The molecule has 0 atom stereocenters. The Labute approximate surface area is 187 Å². The first-order valence-electron chi connectivity index (χ1n) is 11.5. The van der Waals surface area contributed by atoms with E-state index >= 15 is 0 Å². The summed E-state index contributed by atoms with van der Waals surface area (Å²) in [6.07, 6.45) is 5.94. The highest BCUT2D eigenvalue weighted by Gasteiger charge is 2.32. The van der Waals surface area contributed by atoms with E-state index in [2.05, 4.69) is 16.0 Å². The molecule has 0 unspecified atom stereocenters. The molecule has 32 heavy (non-hydrogen) atoms. The van der Waals surface area contributed by atoms with Crippen LogP contribution >= 0.6 is 0 Å². The van der Waals surface area contributed by atoms with Gasteiger partial charge >= 0.3 is 5.97 Å². The minimum atomic E-state index is -0.947. The first-order valence-corrected chi connectivity index (χ1v) is 11.5. The van der Waals surface area contributed by atoms with Crippen LogP contribution in [-0.2, 0) is 11.3 Å². The summed E-state index contributed by atoms with van der Waals surface area (Å²) in [5.41, 5.74) is 5.47. The average molecular weight is 432 g/mol. The van der Waals surface area contributed by atoms with Crippen LogP contribution in [0.2, 0.25) is 0 Å². The summed E-state index contributed by atoms with van der Waals surface area (Å²) in [6, 6.07) is 13.5. The van der Waals surface area contributed by atoms with Crippen molar-refractivity contribution < 1.29 is 14.7 Å². The van der Waals surface area contributed by atoms with E-state index in [0.717, 1.165) is 40.7 Å². The highest BCUT2D eigenvalue weighted by Crippen LogP contribution is 2.47. The number of nitrogens with one attached hydrogen (secondary N) is 1. The van der Waals surface area contributed by atoms with Crippen molar-refractivity contribution in [2.24, 2.45) is 0 Å². The van der Waals surface area contributed by atoms with Crippen molar-refractivity contribution in [3.63, 3.8) is 0 Å². The Bertz CT molecular complexity index is 1190. The van der Waals surface area contributed by atoms with Crippen LogP contribution in [0, 0.1) is 0 Å². The summed E-state index contributed by atoms with van der Waals surface area (Å²) >= 11 is 0. The molecule has 0 bridgehead atoms. The molecule has 3 aromatic rings. The normalized spacial score (nSPS) is 16.7. The number of carbonyl (C=O) groups excluding carboxylic acids is 1. The van der Waals surface area contributed by atoms with Gasteiger partial charge in [0.15, 0.2) is 0 Å². The Kier molecular flexibility index (Phi) is 5.47. The van der Waals surface area contributed by atoms with Crippen molar-refractivity contribution >= 4 is 28.5 Å². The number of carboxylic acid groups (broad SMARTS) is 1. The number of nitrogens with zero attached hydrogens (tertiary/aromatic N) is 2. The maximum Gasteiger partial charge on any atom is 0.335 e. The number of carboxylic acids is 1. The summed E-state index contributed by atoms with van der Waals surface area (Å²) in [5.74, 6) is -0.498. The van der Waals surface area contributed by atoms with Crippen molar-refractivity contribution in [2.45, 2.75) is 44.6 Å². The molecule has 0 radical (unpaired) electrons.